The van der Waals surface area contributed by atoms with Crippen molar-refractivity contribution in [3.63, 3.8) is 0 Å². The average Bonchev–Trinajstić information content (AvgIpc) is 2.40. The third-order valence-corrected chi connectivity index (χ3v) is 3.03. The van der Waals surface area contributed by atoms with Crippen molar-refractivity contribution in [2.45, 2.75) is 19.5 Å². The minimum atomic E-state index is 0.175. The highest BCUT2D eigenvalue weighted by Crippen LogP contribution is 2.22. The molecule has 0 heterocycles. The van der Waals surface area contributed by atoms with E-state index in [9.17, 15) is 0 Å². The summed E-state index contributed by atoms with van der Waals surface area (Å²) < 4.78 is 0. The van der Waals surface area contributed by atoms with Gasteiger partial charge < -0.3 is 16.8 Å². The molecule has 0 fully saturated rings. The van der Waals surface area contributed by atoms with Gasteiger partial charge in [0.1, 0.15) is 0 Å². The van der Waals surface area contributed by atoms with Gasteiger partial charge in [0.25, 0.3) is 0 Å². The number of anilines is 2. The van der Waals surface area contributed by atoms with E-state index in [4.69, 9.17) is 11.5 Å². The molecule has 18 heavy (non-hydrogen) atoms. The van der Waals surface area contributed by atoms with Gasteiger partial charge in [-0.2, -0.15) is 0 Å². The summed E-state index contributed by atoms with van der Waals surface area (Å²) in [5.41, 5.74) is 15.6. The summed E-state index contributed by atoms with van der Waals surface area (Å²) >= 11 is 0. The highest BCUT2D eigenvalue weighted by molar-refractivity contribution is 5.56. The molecule has 0 radical (unpaired) electrons. The summed E-state index contributed by atoms with van der Waals surface area (Å²) in [5, 5.41) is 3.45. The van der Waals surface area contributed by atoms with Crippen molar-refractivity contribution < 1.29 is 0 Å². The first kappa shape index (κ1) is 12.5. The van der Waals surface area contributed by atoms with Crippen LogP contribution in [-0.4, -0.2) is 0 Å². The van der Waals surface area contributed by atoms with Gasteiger partial charge in [0.05, 0.1) is 0 Å². The van der Waals surface area contributed by atoms with Gasteiger partial charge in [-0.3, -0.25) is 0 Å². The number of rotatable bonds is 4. The average molecular weight is 241 g/mol. The molecular formula is C15H19N3. The Hall–Kier alpha value is -2.00. The molecule has 0 saturated carbocycles. The zero-order valence-electron chi connectivity index (χ0n) is 10.6. The lowest BCUT2D eigenvalue weighted by Crippen LogP contribution is -2.19. The van der Waals surface area contributed by atoms with E-state index in [1.807, 2.05) is 36.4 Å². The van der Waals surface area contributed by atoms with Crippen molar-refractivity contribution in [1.29, 1.82) is 0 Å². The van der Waals surface area contributed by atoms with Crippen LogP contribution in [0, 0.1) is 0 Å². The molecule has 2 aromatic carbocycles. The zero-order valence-corrected chi connectivity index (χ0v) is 10.6. The van der Waals surface area contributed by atoms with Gasteiger partial charge in [-0.25, -0.2) is 0 Å². The summed E-state index contributed by atoms with van der Waals surface area (Å²) in [6.07, 6.45) is 0. The molecule has 2 rings (SSSR count). The van der Waals surface area contributed by atoms with E-state index >= 15 is 0 Å². The molecule has 0 amide bonds. The first-order valence-corrected chi connectivity index (χ1v) is 6.09. The molecule has 0 saturated heterocycles. The second kappa shape index (κ2) is 5.56. The van der Waals surface area contributed by atoms with Crippen molar-refractivity contribution in [3.8, 4) is 0 Å². The lowest BCUT2D eigenvalue weighted by atomic mass is 10.0. The molecule has 1 unspecified atom stereocenters. The van der Waals surface area contributed by atoms with Crippen molar-refractivity contribution in [1.82, 2.24) is 5.32 Å². The van der Waals surface area contributed by atoms with Crippen LogP contribution < -0.4 is 16.8 Å². The molecule has 0 aliphatic carbocycles. The predicted molar refractivity (Wildman–Crippen MR) is 77.0 cm³/mol. The Morgan fingerprint density at radius 1 is 1.06 bits per heavy atom. The number of hydrogen-bond donors (Lipinski definition) is 3. The van der Waals surface area contributed by atoms with E-state index in [0.717, 1.165) is 23.5 Å². The Balaban J connectivity index is 2.03. The van der Waals surface area contributed by atoms with E-state index in [-0.39, 0.29) is 6.04 Å². The van der Waals surface area contributed by atoms with Crippen LogP contribution in [0.2, 0.25) is 0 Å². The maximum Gasteiger partial charge on any atom is 0.0363 e. The van der Waals surface area contributed by atoms with Gasteiger partial charge in [-0.15, -0.1) is 0 Å². The largest absolute Gasteiger partial charge is 0.399 e. The first-order chi connectivity index (χ1) is 8.66. The fourth-order valence-electron chi connectivity index (χ4n) is 1.94. The SMILES string of the molecule is CC(NCc1ccccc1)c1cc(N)ccc1N. The van der Waals surface area contributed by atoms with Gasteiger partial charge in [0, 0.05) is 24.0 Å². The third kappa shape index (κ3) is 3.02. The molecule has 3 heteroatoms. The molecule has 0 aliphatic heterocycles. The minimum Gasteiger partial charge on any atom is -0.399 e. The summed E-state index contributed by atoms with van der Waals surface area (Å²) in [5.74, 6) is 0. The summed E-state index contributed by atoms with van der Waals surface area (Å²) in [6.45, 7) is 2.91. The fourth-order valence-corrected chi connectivity index (χ4v) is 1.94. The quantitative estimate of drug-likeness (QED) is 0.721. The minimum absolute atomic E-state index is 0.175. The number of nitrogen functional groups attached to an aromatic ring is 2. The Morgan fingerprint density at radius 3 is 2.50 bits per heavy atom. The van der Waals surface area contributed by atoms with Crippen LogP contribution in [0.3, 0.4) is 0 Å². The van der Waals surface area contributed by atoms with Crippen LogP contribution in [0.15, 0.2) is 48.5 Å². The van der Waals surface area contributed by atoms with Gasteiger partial charge in [-0.1, -0.05) is 30.3 Å². The Morgan fingerprint density at radius 2 is 1.78 bits per heavy atom. The summed E-state index contributed by atoms with van der Waals surface area (Å²) in [4.78, 5) is 0. The summed E-state index contributed by atoms with van der Waals surface area (Å²) in [6, 6.07) is 16.1. The monoisotopic (exact) mass is 241 g/mol. The van der Waals surface area contributed by atoms with Gasteiger partial charge in [-0.05, 0) is 36.2 Å². The lowest BCUT2D eigenvalue weighted by Gasteiger charge is -2.17. The predicted octanol–water partition coefficient (Wildman–Crippen LogP) is 2.70. The van der Waals surface area contributed by atoms with Crippen LogP contribution >= 0.6 is 0 Å². The van der Waals surface area contributed by atoms with E-state index in [0.29, 0.717) is 0 Å². The Bertz CT molecular complexity index is 508. The zero-order chi connectivity index (χ0) is 13.0. The number of nitrogens with two attached hydrogens (primary N) is 2. The van der Waals surface area contributed by atoms with Gasteiger partial charge in [0.15, 0.2) is 0 Å². The van der Waals surface area contributed by atoms with Crippen LogP contribution in [-0.2, 0) is 6.54 Å². The molecule has 5 N–H and O–H groups in total. The molecule has 0 aromatic heterocycles. The van der Waals surface area contributed by atoms with Crippen molar-refractivity contribution >= 4 is 11.4 Å². The molecule has 0 bridgehead atoms. The second-order valence-corrected chi connectivity index (χ2v) is 4.48. The van der Waals surface area contributed by atoms with E-state index in [1.165, 1.54) is 5.56 Å². The number of benzene rings is 2. The normalized spacial score (nSPS) is 12.3. The smallest absolute Gasteiger partial charge is 0.0363 e. The number of nitrogens with one attached hydrogen (secondary N) is 1. The maximum atomic E-state index is 5.96. The molecule has 3 nitrogen and oxygen atoms in total. The molecule has 94 valence electrons. The Kier molecular flexibility index (Phi) is 3.85. The topological polar surface area (TPSA) is 64.1 Å². The van der Waals surface area contributed by atoms with Crippen molar-refractivity contribution in [2.75, 3.05) is 11.5 Å². The van der Waals surface area contributed by atoms with Gasteiger partial charge in [0.2, 0.25) is 0 Å². The lowest BCUT2D eigenvalue weighted by molar-refractivity contribution is 0.576. The van der Waals surface area contributed by atoms with Crippen LogP contribution in [0.25, 0.3) is 0 Å². The third-order valence-electron chi connectivity index (χ3n) is 3.03. The van der Waals surface area contributed by atoms with E-state index < -0.39 is 0 Å². The molecular weight excluding hydrogens is 222 g/mol. The molecule has 0 aliphatic rings. The standard InChI is InChI=1S/C15H19N3/c1-11(14-9-13(16)7-8-15(14)17)18-10-12-5-3-2-4-6-12/h2-9,11,18H,10,16-17H2,1H3. The molecule has 0 spiro atoms. The maximum absolute atomic E-state index is 5.96. The highest BCUT2D eigenvalue weighted by atomic mass is 14.9. The highest BCUT2D eigenvalue weighted by Gasteiger charge is 2.08. The van der Waals surface area contributed by atoms with Crippen molar-refractivity contribution in [3.05, 3.63) is 59.7 Å². The molecule has 1 atom stereocenters. The molecule has 2 aromatic rings. The van der Waals surface area contributed by atoms with E-state index in [2.05, 4.69) is 24.4 Å². The Labute approximate surface area is 108 Å². The van der Waals surface area contributed by atoms with Crippen LogP contribution in [0.4, 0.5) is 11.4 Å². The number of hydrogen-bond acceptors (Lipinski definition) is 3. The second-order valence-electron chi connectivity index (χ2n) is 4.48. The van der Waals surface area contributed by atoms with Gasteiger partial charge >= 0.3 is 0 Å². The van der Waals surface area contributed by atoms with Crippen LogP contribution in [0.5, 0.6) is 0 Å². The fraction of sp³-hybridized carbons (Fsp3) is 0.200. The first-order valence-electron chi connectivity index (χ1n) is 6.09. The van der Waals surface area contributed by atoms with Crippen LogP contribution in [0.1, 0.15) is 24.1 Å². The summed E-state index contributed by atoms with van der Waals surface area (Å²) in [7, 11) is 0. The van der Waals surface area contributed by atoms with Crippen molar-refractivity contribution in [2.24, 2.45) is 0 Å². The van der Waals surface area contributed by atoms with E-state index in [1.54, 1.807) is 0 Å².